The monoisotopic (exact) mass is 322 g/mol. The van der Waals surface area contributed by atoms with Crippen LogP contribution < -0.4 is 10.0 Å². The third kappa shape index (κ3) is 4.97. The summed E-state index contributed by atoms with van der Waals surface area (Å²) in [5.74, 6) is -0.144. The van der Waals surface area contributed by atoms with E-state index in [9.17, 15) is 13.2 Å². The van der Waals surface area contributed by atoms with Crippen LogP contribution in [0.3, 0.4) is 0 Å². The highest BCUT2D eigenvalue weighted by Crippen LogP contribution is 2.06. The van der Waals surface area contributed by atoms with Gasteiger partial charge in [-0.1, -0.05) is 18.2 Å². The van der Waals surface area contributed by atoms with Crippen LogP contribution in [0, 0.1) is 0 Å². The molecule has 1 amide bonds. The summed E-state index contributed by atoms with van der Waals surface area (Å²) in [6, 6.07) is 9.89. The second-order valence-corrected chi connectivity index (χ2v) is 6.35. The normalized spacial score (nSPS) is 11.3. The van der Waals surface area contributed by atoms with Gasteiger partial charge in [-0.25, -0.2) is 13.1 Å². The first-order valence-corrected chi connectivity index (χ1v) is 8.35. The Balaban J connectivity index is 1.67. The lowest BCUT2D eigenvalue weighted by Gasteiger charge is -2.08. The maximum Gasteiger partial charge on any atom is 0.240 e. The first-order valence-electron chi connectivity index (χ1n) is 6.87. The molecule has 0 aliphatic carbocycles. The van der Waals surface area contributed by atoms with Gasteiger partial charge >= 0.3 is 0 Å². The fourth-order valence-electron chi connectivity index (χ4n) is 1.81. The summed E-state index contributed by atoms with van der Waals surface area (Å²) in [5, 5.41) is 6.66. The van der Waals surface area contributed by atoms with Crippen molar-refractivity contribution in [1.82, 2.24) is 19.8 Å². The van der Waals surface area contributed by atoms with E-state index in [1.54, 1.807) is 41.3 Å². The summed E-state index contributed by atoms with van der Waals surface area (Å²) >= 11 is 0. The molecule has 0 atom stereocenters. The zero-order valence-electron chi connectivity index (χ0n) is 12.0. The van der Waals surface area contributed by atoms with E-state index in [1.807, 2.05) is 0 Å². The predicted octanol–water partition coefficient (Wildman–Crippen LogP) is 0.368. The van der Waals surface area contributed by atoms with Gasteiger partial charge in [-0.3, -0.25) is 9.48 Å². The first-order chi connectivity index (χ1) is 10.6. The van der Waals surface area contributed by atoms with Crippen LogP contribution in [0.15, 0.2) is 53.7 Å². The van der Waals surface area contributed by atoms with Gasteiger partial charge < -0.3 is 5.32 Å². The molecule has 0 fully saturated rings. The van der Waals surface area contributed by atoms with Crippen molar-refractivity contribution in [3.8, 4) is 0 Å². The smallest absolute Gasteiger partial charge is 0.240 e. The van der Waals surface area contributed by atoms with Crippen molar-refractivity contribution in [3.63, 3.8) is 0 Å². The summed E-state index contributed by atoms with van der Waals surface area (Å²) in [6.45, 7) is 0.878. The average Bonchev–Trinajstić information content (AvgIpc) is 3.04. The molecule has 8 heteroatoms. The molecule has 0 aliphatic heterocycles. The van der Waals surface area contributed by atoms with Crippen molar-refractivity contribution in [1.29, 1.82) is 0 Å². The minimum atomic E-state index is -3.52. The van der Waals surface area contributed by atoms with Gasteiger partial charge in [-0.05, 0) is 18.2 Å². The zero-order valence-corrected chi connectivity index (χ0v) is 12.8. The van der Waals surface area contributed by atoms with Gasteiger partial charge in [0, 0.05) is 38.4 Å². The number of carbonyl (C=O) groups is 1. The standard InChI is InChI=1S/C14H18N4O3S/c19-14(7-12-18-11-4-8-16-18)15-9-10-17-22(20,21)13-5-2-1-3-6-13/h1-6,8,11,17H,7,9-10,12H2,(H,15,19). The van der Waals surface area contributed by atoms with E-state index >= 15 is 0 Å². The second kappa shape index (κ2) is 7.71. The number of hydrogen-bond acceptors (Lipinski definition) is 4. The van der Waals surface area contributed by atoms with Crippen LogP contribution in [-0.2, 0) is 21.4 Å². The van der Waals surface area contributed by atoms with Crippen LogP contribution in [0.1, 0.15) is 6.42 Å². The highest BCUT2D eigenvalue weighted by Gasteiger charge is 2.12. The topological polar surface area (TPSA) is 93.1 Å². The summed E-state index contributed by atoms with van der Waals surface area (Å²) in [5.41, 5.74) is 0. The van der Waals surface area contributed by atoms with E-state index in [-0.39, 0.29) is 23.9 Å². The Labute approximate surface area is 129 Å². The average molecular weight is 322 g/mol. The lowest BCUT2D eigenvalue weighted by molar-refractivity contribution is -0.121. The molecule has 0 unspecified atom stereocenters. The summed E-state index contributed by atoms with van der Waals surface area (Å²) in [7, 11) is -3.52. The van der Waals surface area contributed by atoms with Crippen LogP contribution in [0.5, 0.6) is 0 Å². The first kappa shape index (κ1) is 16.2. The zero-order chi connectivity index (χ0) is 15.8. The number of aromatic nitrogens is 2. The molecule has 0 aliphatic rings. The predicted molar refractivity (Wildman–Crippen MR) is 81.5 cm³/mol. The van der Waals surface area contributed by atoms with Gasteiger partial charge in [-0.15, -0.1) is 0 Å². The SMILES string of the molecule is O=C(CCn1cccn1)NCCNS(=O)(=O)c1ccccc1. The van der Waals surface area contributed by atoms with Gasteiger partial charge in [-0.2, -0.15) is 5.10 Å². The molecular weight excluding hydrogens is 304 g/mol. The summed E-state index contributed by atoms with van der Waals surface area (Å²) in [6.07, 6.45) is 3.73. The quantitative estimate of drug-likeness (QED) is 0.687. The number of amides is 1. The van der Waals surface area contributed by atoms with Gasteiger partial charge in [0.25, 0.3) is 0 Å². The highest BCUT2D eigenvalue weighted by atomic mass is 32.2. The molecule has 0 saturated heterocycles. The molecule has 0 spiro atoms. The van der Waals surface area contributed by atoms with Gasteiger partial charge in [0.05, 0.1) is 4.90 Å². The second-order valence-electron chi connectivity index (χ2n) is 4.58. The van der Waals surface area contributed by atoms with Crippen LogP contribution in [0.2, 0.25) is 0 Å². The van der Waals surface area contributed by atoms with Crippen LogP contribution in [-0.4, -0.2) is 37.2 Å². The molecule has 1 aromatic heterocycles. The van der Waals surface area contributed by atoms with Crippen LogP contribution in [0.4, 0.5) is 0 Å². The van der Waals surface area contributed by atoms with E-state index in [2.05, 4.69) is 15.1 Å². The molecule has 118 valence electrons. The maximum atomic E-state index is 11.9. The molecule has 22 heavy (non-hydrogen) atoms. The molecule has 1 aromatic carbocycles. The maximum absolute atomic E-state index is 11.9. The number of rotatable bonds is 8. The van der Waals surface area contributed by atoms with Crippen molar-refractivity contribution in [3.05, 3.63) is 48.8 Å². The lowest BCUT2D eigenvalue weighted by atomic mass is 10.4. The molecule has 2 N–H and O–H groups in total. The Kier molecular flexibility index (Phi) is 5.68. The third-order valence-corrected chi connectivity index (χ3v) is 4.40. The number of nitrogens with zero attached hydrogens (tertiary/aromatic N) is 2. The molecule has 0 radical (unpaired) electrons. The Morgan fingerprint density at radius 3 is 2.59 bits per heavy atom. The third-order valence-electron chi connectivity index (χ3n) is 2.92. The number of carbonyl (C=O) groups excluding carboxylic acids is 1. The number of nitrogens with one attached hydrogen (secondary N) is 2. The molecule has 0 bridgehead atoms. The Morgan fingerprint density at radius 2 is 1.91 bits per heavy atom. The van der Waals surface area contributed by atoms with E-state index in [0.29, 0.717) is 13.0 Å². The Hall–Kier alpha value is -2.19. The lowest BCUT2D eigenvalue weighted by Crippen LogP contribution is -2.35. The number of aryl methyl sites for hydroxylation is 1. The van der Waals surface area contributed by atoms with Crippen molar-refractivity contribution in [2.24, 2.45) is 0 Å². The Morgan fingerprint density at radius 1 is 1.14 bits per heavy atom. The fourth-order valence-corrected chi connectivity index (χ4v) is 2.86. The molecule has 7 nitrogen and oxygen atoms in total. The van der Waals surface area contributed by atoms with Crippen molar-refractivity contribution < 1.29 is 13.2 Å². The van der Waals surface area contributed by atoms with Gasteiger partial charge in [0.1, 0.15) is 0 Å². The molecule has 0 saturated carbocycles. The van der Waals surface area contributed by atoms with Crippen molar-refractivity contribution >= 4 is 15.9 Å². The van der Waals surface area contributed by atoms with Crippen LogP contribution in [0.25, 0.3) is 0 Å². The van der Waals surface area contributed by atoms with Crippen LogP contribution >= 0.6 is 0 Å². The van der Waals surface area contributed by atoms with E-state index in [4.69, 9.17) is 0 Å². The molecular formula is C14H18N4O3S. The van der Waals surface area contributed by atoms with Gasteiger partial charge in [0.2, 0.25) is 15.9 Å². The Bertz CT molecular complexity index is 684. The molecule has 2 aromatic rings. The molecule has 2 rings (SSSR count). The minimum Gasteiger partial charge on any atom is -0.355 e. The number of benzene rings is 1. The van der Waals surface area contributed by atoms with E-state index in [1.165, 1.54) is 12.1 Å². The largest absolute Gasteiger partial charge is 0.355 e. The number of hydrogen-bond donors (Lipinski definition) is 2. The minimum absolute atomic E-state index is 0.144. The summed E-state index contributed by atoms with van der Waals surface area (Å²) < 4.78 is 27.9. The van der Waals surface area contributed by atoms with Gasteiger partial charge in [0.15, 0.2) is 0 Å². The van der Waals surface area contributed by atoms with Crippen molar-refractivity contribution in [2.75, 3.05) is 13.1 Å². The van der Waals surface area contributed by atoms with E-state index < -0.39 is 10.0 Å². The molecule has 1 heterocycles. The number of sulfonamides is 1. The van der Waals surface area contributed by atoms with E-state index in [0.717, 1.165) is 0 Å². The fraction of sp³-hybridized carbons (Fsp3) is 0.286. The summed E-state index contributed by atoms with van der Waals surface area (Å²) in [4.78, 5) is 11.8. The highest BCUT2D eigenvalue weighted by molar-refractivity contribution is 7.89. The van der Waals surface area contributed by atoms with Crippen molar-refractivity contribution in [2.45, 2.75) is 17.9 Å².